The summed E-state index contributed by atoms with van der Waals surface area (Å²) in [6.07, 6.45) is 1.64. The number of amides is 1. The summed E-state index contributed by atoms with van der Waals surface area (Å²) in [6.45, 7) is 0.360. The molecule has 2 aromatic heterocycles. The van der Waals surface area contributed by atoms with Crippen LogP contribution in [0.25, 0.3) is 22.3 Å². The molecule has 152 valence electrons. The predicted octanol–water partition coefficient (Wildman–Crippen LogP) is 4.88. The number of hydrogen-bond donors (Lipinski definition) is 1. The highest BCUT2D eigenvalue weighted by Gasteiger charge is 2.17. The van der Waals surface area contributed by atoms with E-state index in [-0.39, 0.29) is 5.91 Å². The number of aromatic nitrogens is 3. The van der Waals surface area contributed by atoms with Crippen LogP contribution < -0.4 is 10.1 Å². The zero-order valence-corrected chi connectivity index (χ0v) is 17.8. The lowest BCUT2D eigenvalue weighted by atomic mass is 10.1. The van der Waals surface area contributed by atoms with E-state index in [4.69, 9.17) is 27.9 Å². The topological polar surface area (TPSA) is 69.0 Å². The molecular weight excluding hydrogens is 423 g/mol. The van der Waals surface area contributed by atoms with E-state index in [9.17, 15) is 4.79 Å². The van der Waals surface area contributed by atoms with Gasteiger partial charge in [0, 0.05) is 29.2 Å². The first-order valence-electron chi connectivity index (χ1n) is 9.15. The van der Waals surface area contributed by atoms with Crippen molar-refractivity contribution >= 4 is 40.1 Å². The van der Waals surface area contributed by atoms with Crippen LogP contribution in [0.5, 0.6) is 5.75 Å². The van der Waals surface area contributed by atoms with Gasteiger partial charge in [-0.15, -0.1) is 0 Å². The molecule has 0 bridgehead atoms. The number of fused-ring (bicyclic) bond motifs is 1. The molecular formula is C22H18Cl2N4O2. The number of nitrogens with zero attached hydrogens (tertiary/aromatic N) is 3. The maximum absolute atomic E-state index is 13.1. The summed E-state index contributed by atoms with van der Waals surface area (Å²) in [5.74, 6) is 0.507. The fourth-order valence-electron chi connectivity index (χ4n) is 3.21. The van der Waals surface area contributed by atoms with Gasteiger partial charge in [0.2, 0.25) is 0 Å². The van der Waals surface area contributed by atoms with Crippen molar-refractivity contribution in [1.82, 2.24) is 20.1 Å². The zero-order valence-electron chi connectivity index (χ0n) is 16.3. The molecule has 4 rings (SSSR count). The number of halogens is 2. The van der Waals surface area contributed by atoms with Crippen molar-refractivity contribution in [2.24, 2.45) is 7.05 Å². The van der Waals surface area contributed by atoms with Crippen LogP contribution in [0, 0.1) is 0 Å². The van der Waals surface area contributed by atoms with E-state index in [2.05, 4.69) is 15.4 Å². The van der Waals surface area contributed by atoms with Gasteiger partial charge in [0.05, 0.1) is 30.0 Å². The van der Waals surface area contributed by atoms with Crippen molar-refractivity contribution in [1.29, 1.82) is 0 Å². The molecule has 2 aromatic carbocycles. The zero-order chi connectivity index (χ0) is 21.3. The number of carbonyl (C=O) groups is 1. The molecule has 1 amide bonds. The molecule has 0 saturated heterocycles. The lowest BCUT2D eigenvalue weighted by molar-refractivity contribution is 0.0952. The van der Waals surface area contributed by atoms with Gasteiger partial charge in [-0.2, -0.15) is 5.10 Å². The Labute approximate surface area is 183 Å². The van der Waals surface area contributed by atoms with Gasteiger partial charge in [0.25, 0.3) is 5.91 Å². The van der Waals surface area contributed by atoms with Crippen LogP contribution >= 0.6 is 23.2 Å². The fraction of sp³-hybridized carbons (Fsp3) is 0.136. The van der Waals surface area contributed by atoms with Gasteiger partial charge in [-0.3, -0.25) is 9.48 Å². The summed E-state index contributed by atoms with van der Waals surface area (Å²) in [5, 5.41) is 8.87. The molecule has 0 atom stereocenters. The van der Waals surface area contributed by atoms with E-state index in [1.54, 1.807) is 49.3 Å². The van der Waals surface area contributed by atoms with Gasteiger partial charge in [0.15, 0.2) is 5.65 Å². The Bertz CT molecular complexity index is 1230. The number of methoxy groups -OCH3 is 1. The lowest BCUT2D eigenvalue weighted by Gasteiger charge is -2.10. The molecule has 0 aliphatic carbocycles. The summed E-state index contributed by atoms with van der Waals surface area (Å²) in [6, 6.07) is 14.4. The van der Waals surface area contributed by atoms with E-state index in [0.717, 1.165) is 16.9 Å². The van der Waals surface area contributed by atoms with Crippen LogP contribution in [0.15, 0.2) is 54.7 Å². The van der Waals surface area contributed by atoms with E-state index < -0.39 is 0 Å². The minimum absolute atomic E-state index is 0.229. The highest BCUT2D eigenvalue weighted by molar-refractivity contribution is 6.35. The Balaban J connectivity index is 1.71. The first kappa shape index (κ1) is 20.2. The largest absolute Gasteiger partial charge is 0.497 e. The minimum atomic E-state index is -0.229. The lowest BCUT2D eigenvalue weighted by Crippen LogP contribution is -2.23. The second-order valence-electron chi connectivity index (χ2n) is 6.75. The van der Waals surface area contributed by atoms with Crippen LogP contribution in [-0.4, -0.2) is 27.8 Å². The van der Waals surface area contributed by atoms with Crippen LogP contribution in [0.3, 0.4) is 0 Å². The van der Waals surface area contributed by atoms with Crippen molar-refractivity contribution in [3.63, 3.8) is 0 Å². The van der Waals surface area contributed by atoms with Crippen molar-refractivity contribution in [2.45, 2.75) is 6.54 Å². The van der Waals surface area contributed by atoms with Gasteiger partial charge < -0.3 is 10.1 Å². The molecule has 2 heterocycles. The average Bonchev–Trinajstić information content (AvgIpc) is 3.11. The molecule has 6 nitrogen and oxygen atoms in total. The molecule has 4 aromatic rings. The Kier molecular flexibility index (Phi) is 5.61. The predicted molar refractivity (Wildman–Crippen MR) is 118 cm³/mol. The standard InChI is InChI=1S/C22H18Cl2N4O2/c1-28-21-19(12-26-28)18(10-20(27-21)14-7-15(23)9-16(24)8-14)22(29)25-11-13-4-3-5-17(6-13)30-2/h3-10,12H,11H2,1-2H3,(H,25,29). The third-order valence-corrected chi connectivity index (χ3v) is 5.13. The Hall–Kier alpha value is -3.09. The highest BCUT2D eigenvalue weighted by atomic mass is 35.5. The molecule has 8 heteroatoms. The number of pyridine rings is 1. The molecule has 0 aliphatic rings. The quantitative estimate of drug-likeness (QED) is 0.479. The number of nitrogens with one attached hydrogen (secondary N) is 1. The first-order valence-corrected chi connectivity index (χ1v) is 9.90. The highest BCUT2D eigenvalue weighted by Crippen LogP contribution is 2.29. The summed E-state index contributed by atoms with van der Waals surface area (Å²) in [4.78, 5) is 17.7. The van der Waals surface area contributed by atoms with Crippen LogP contribution in [0.2, 0.25) is 10.0 Å². The van der Waals surface area contributed by atoms with E-state index in [1.807, 2.05) is 24.3 Å². The second-order valence-corrected chi connectivity index (χ2v) is 7.63. The van der Waals surface area contributed by atoms with Crippen LogP contribution in [-0.2, 0) is 13.6 Å². The summed E-state index contributed by atoms with van der Waals surface area (Å²) >= 11 is 12.3. The summed E-state index contributed by atoms with van der Waals surface area (Å²) < 4.78 is 6.87. The Morgan fingerprint density at radius 3 is 2.63 bits per heavy atom. The Morgan fingerprint density at radius 2 is 1.90 bits per heavy atom. The van der Waals surface area contributed by atoms with Crippen LogP contribution in [0.4, 0.5) is 0 Å². The van der Waals surface area contributed by atoms with Crippen molar-refractivity contribution in [3.8, 4) is 17.0 Å². The smallest absolute Gasteiger partial charge is 0.252 e. The first-order chi connectivity index (χ1) is 14.4. The molecule has 1 N–H and O–H groups in total. The normalized spacial score (nSPS) is 10.9. The van der Waals surface area contributed by atoms with E-state index in [1.165, 1.54) is 0 Å². The minimum Gasteiger partial charge on any atom is -0.497 e. The van der Waals surface area contributed by atoms with E-state index >= 15 is 0 Å². The Morgan fingerprint density at radius 1 is 1.13 bits per heavy atom. The number of aryl methyl sites for hydroxylation is 1. The number of benzene rings is 2. The maximum atomic E-state index is 13.1. The van der Waals surface area contributed by atoms with Gasteiger partial charge in [-0.1, -0.05) is 35.3 Å². The fourth-order valence-corrected chi connectivity index (χ4v) is 3.74. The number of carbonyl (C=O) groups excluding carboxylic acids is 1. The molecule has 0 fully saturated rings. The molecule has 30 heavy (non-hydrogen) atoms. The average molecular weight is 441 g/mol. The second kappa shape index (κ2) is 8.34. The molecule has 0 aliphatic heterocycles. The van der Waals surface area contributed by atoms with Gasteiger partial charge in [-0.05, 0) is 42.0 Å². The van der Waals surface area contributed by atoms with E-state index in [0.29, 0.717) is 38.9 Å². The van der Waals surface area contributed by atoms with Crippen molar-refractivity contribution in [3.05, 3.63) is 75.9 Å². The molecule has 0 radical (unpaired) electrons. The molecule has 0 unspecified atom stereocenters. The van der Waals surface area contributed by atoms with Gasteiger partial charge >= 0.3 is 0 Å². The summed E-state index contributed by atoms with van der Waals surface area (Å²) in [7, 11) is 3.39. The number of rotatable bonds is 5. The van der Waals surface area contributed by atoms with Gasteiger partial charge in [-0.25, -0.2) is 4.98 Å². The number of ether oxygens (including phenoxy) is 1. The monoisotopic (exact) mass is 440 g/mol. The van der Waals surface area contributed by atoms with Crippen LogP contribution in [0.1, 0.15) is 15.9 Å². The van der Waals surface area contributed by atoms with Crippen molar-refractivity contribution in [2.75, 3.05) is 7.11 Å². The third-order valence-electron chi connectivity index (χ3n) is 4.70. The third kappa shape index (κ3) is 4.10. The summed E-state index contributed by atoms with van der Waals surface area (Å²) in [5.41, 5.74) is 3.30. The van der Waals surface area contributed by atoms with Gasteiger partial charge in [0.1, 0.15) is 5.75 Å². The molecule has 0 saturated carbocycles. The van der Waals surface area contributed by atoms with Crippen molar-refractivity contribution < 1.29 is 9.53 Å². The number of hydrogen-bond acceptors (Lipinski definition) is 4. The SMILES string of the molecule is COc1cccc(CNC(=O)c2cc(-c3cc(Cl)cc(Cl)c3)nc3c2cnn3C)c1. The molecule has 0 spiro atoms. The maximum Gasteiger partial charge on any atom is 0.252 e.